The summed E-state index contributed by atoms with van der Waals surface area (Å²) in [7, 11) is 4.00. The predicted octanol–water partition coefficient (Wildman–Crippen LogP) is 6.60. The Morgan fingerprint density at radius 3 is 2.35 bits per heavy atom. The van der Waals surface area contributed by atoms with Crippen LogP contribution in [0.5, 0.6) is 0 Å². The normalized spacial score (nSPS) is 32.0. The second kappa shape index (κ2) is 15.8. The van der Waals surface area contributed by atoms with Crippen LogP contribution >= 0.6 is 0 Å². The van der Waals surface area contributed by atoms with Crippen LogP contribution in [0.1, 0.15) is 112 Å². The summed E-state index contributed by atoms with van der Waals surface area (Å²) in [6.45, 7) is 14.8. The SMILES string of the molecule is CC(C)CCC[C@@H](C)[C@H]1CC[C@H]2[C@@H]3CC=C4C[C@@H](OCC(=O)NCCNc5c(NCCCN(C)C)c(=O)c5=O)CC[C@]4(C)[C@H]3CC[C@]12C. The fourth-order valence-electron chi connectivity index (χ4n) is 10.8. The summed E-state index contributed by atoms with van der Waals surface area (Å²) in [5.41, 5.74) is 2.08. The molecule has 3 fully saturated rings. The third-order valence-electron chi connectivity index (χ3n) is 13.5. The Hall–Kier alpha value is -2.19. The van der Waals surface area contributed by atoms with Gasteiger partial charge >= 0.3 is 0 Å². The molecule has 8 heteroatoms. The maximum Gasteiger partial charge on any atom is 0.253 e. The number of carbonyl (C=O) groups is 1. The van der Waals surface area contributed by atoms with Gasteiger partial charge in [0.15, 0.2) is 0 Å². The summed E-state index contributed by atoms with van der Waals surface area (Å²) in [4.78, 5) is 38.7. The molecule has 1 aromatic rings. The molecule has 0 heterocycles. The van der Waals surface area contributed by atoms with Crippen molar-refractivity contribution in [2.24, 2.45) is 46.3 Å². The van der Waals surface area contributed by atoms with Crippen molar-refractivity contribution in [1.29, 1.82) is 0 Å². The van der Waals surface area contributed by atoms with Crippen LogP contribution in [0.15, 0.2) is 21.2 Å². The molecule has 0 spiro atoms. The molecule has 0 bridgehead atoms. The van der Waals surface area contributed by atoms with E-state index in [0.717, 1.165) is 67.7 Å². The second-order valence-electron chi connectivity index (χ2n) is 17.2. The first-order valence-corrected chi connectivity index (χ1v) is 19.4. The van der Waals surface area contributed by atoms with Crippen LogP contribution in [-0.4, -0.2) is 63.8 Å². The topological polar surface area (TPSA) is 99.8 Å². The van der Waals surface area contributed by atoms with E-state index in [2.05, 4.69) is 61.5 Å². The minimum absolute atomic E-state index is 0.0523. The molecule has 48 heavy (non-hydrogen) atoms. The van der Waals surface area contributed by atoms with Gasteiger partial charge in [-0.25, -0.2) is 0 Å². The summed E-state index contributed by atoms with van der Waals surface area (Å²) < 4.78 is 6.18. The van der Waals surface area contributed by atoms with Gasteiger partial charge < -0.3 is 25.6 Å². The monoisotopic (exact) mass is 667 g/mol. The Morgan fingerprint density at radius 1 is 0.917 bits per heavy atom. The molecule has 0 saturated heterocycles. The van der Waals surface area contributed by atoms with Crippen molar-refractivity contribution in [1.82, 2.24) is 10.2 Å². The Bertz CT molecular complexity index is 1350. The Balaban J connectivity index is 1.05. The van der Waals surface area contributed by atoms with Gasteiger partial charge in [0.05, 0.1) is 6.10 Å². The van der Waals surface area contributed by atoms with Crippen molar-refractivity contribution < 1.29 is 9.53 Å². The van der Waals surface area contributed by atoms with Gasteiger partial charge in [0.2, 0.25) is 5.91 Å². The largest absolute Gasteiger partial charge is 0.380 e. The molecular formula is C40H66N4O4. The average molecular weight is 667 g/mol. The fraction of sp³-hybridized carbons (Fsp3) is 0.825. The molecular weight excluding hydrogens is 600 g/mol. The van der Waals surface area contributed by atoms with Crippen molar-refractivity contribution in [3.8, 4) is 0 Å². The molecule has 4 aliphatic rings. The van der Waals surface area contributed by atoms with Gasteiger partial charge in [-0.15, -0.1) is 0 Å². The van der Waals surface area contributed by atoms with Gasteiger partial charge in [-0.05, 0) is 125 Å². The number of rotatable bonds is 17. The first kappa shape index (κ1) is 37.1. The third-order valence-corrected chi connectivity index (χ3v) is 13.5. The summed E-state index contributed by atoms with van der Waals surface area (Å²) >= 11 is 0. The lowest BCUT2D eigenvalue weighted by Crippen LogP contribution is -2.51. The number of ether oxygens (including phenoxy) is 1. The number of fused-ring (bicyclic) bond motifs is 5. The van der Waals surface area contributed by atoms with Crippen LogP contribution in [0.25, 0.3) is 0 Å². The lowest BCUT2D eigenvalue weighted by atomic mass is 9.47. The molecule has 4 aliphatic carbocycles. The van der Waals surface area contributed by atoms with E-state index in [1.807, 2.05) is 14.1 Å². The van der Waals surface area contributed by atoms with E-state index in [1.165, 1.54) is 51.4 Å². The van der Waals surface area contributed by atoms with Gasteiger partial charge in [0.25, 0.3) is 10.9 Å². The average Bonchev–Trinajstić information content (AvgIpc) is 3.41. The third kappa shape index (κ3) is 7.90. The van der Waals surface area contributed by atoms with Crippen molar-refractivity contribution in [2.45, 2.75) is 118 Å². The summed E-state index contributed by atoms with van der Waals surface area (Å²) in [5, 5.41) is 9.01. The van der Waals surface area contributed by atoms with Gasteiger partial charge in [-0.1, -0.05) is 65.5 Å². The van der Waals surface area contributed by atoms with Crippen LogP contribution in [-0.2, 0) is 9.53 Å². The molecule has 3 N–H and O–H groups in total. The number of nitrogens with one attached hydrogen (secondary N) is 3. The zero-order valence-corrected chi connectivity index (χ0v) is 31.2. The minimum Gasteiger partial charge on any atom is -0.380 e. The number of hydrogen-bond acceptors (Lipinski definition) is 7. The zero-order valence-electron chi connectivity index (χ0n) is 31.2. The highest BCUT2D eigenvalue weighted by molar-refractivity contribution is 5.77. The lowest BCUT2D eigenvalue weighted by Gasteiger charge is -2.58. The molecule has 5 rings (SSSR count). The highest BCUT2D eigenvalue weighted by atomic mass is 16.5. The maximum atomic E-state index is 12.6. The molecule has 0 radical (unpaired) electrons. The first-order valence-electron chi connectivity index (χ1n) is 19.4. The van der Waals surface area contributed by atoms with E-state index >= 15 is 0 Å². The number of allylic oxidation sites excluding steroid dienone is 1. The standard InChI is InChI=1S/C40H66N4O4/c1-26(2)10-8-11-27(3)31-14-15-32-30-13-12-28-24-29(16-18-39(28,4)33(30)17-19-40(31,32)5)48-25-34(45)41-21-22-43-36-35(37(46)38(36)47)42-20-9-23-44(6)7/h12,26-27,29-33,42-43H,8-11,13-25H2,1-7H3,(H,41,45)/t27-,29+,30+,31-,32+,33+,39+,40-/m1/s1. The molecule has 1 amide bonds. The minimum atomic E-state index is -0.496. The van der Waals surface area contributed by atoms with Crippen LogP contribution in [0.3, 0.4) is 0 Å². The molecule has 0 aromatic heterocycles. The predicted molar refractivity (Wildman–Crippen MR) is 197 cm³/mol. The zero-order chi connectivity index (χ0) is 34.6. The quantitative estimate of drug-likeness (QED) is 0.0979. The van der Waals surface area contributed by atoms with Crippen LogP contribution in [0.4, 0.5) is 11.4 Å². The van der Waals surface area contributed by atoms with E-state index in [1.54, 1.807) is 5.57 Å². The summed E-state index contributed by atoms with van der Waals surface area (Å²) in [5.74, 6) is 4.87. The molecule has 8 atom stereocenters. The Morgan fingerprint density at radius 2 is 1.65 bits per heavy atom. The fourth-order valence-corrected chi connectivity index (χ4v) is 10.8. The van der Waals surface area contributed by atoms with Crippen molar-refractivity contribution in [3.63, 3.8) is 0 Å². The Labute approximate surface area is 290 Å². The highest BCUT2D eigenvalue weighted by Gasteiger charge is 2.59. The number of anilines is 2. The van der Waals surface area contributed by atoms with Crippen LogP contribution in [0, 0.1) is 46.3 Å². The summed E-state index contributed by atoms with van der Waals surface area (Å²) in [6.07, 6.45) is 17.7. The van der Waals surface area contributed by atoms with Gasteiger partial charge in [-0.3, -0.25) is 14.4 Å². The number of carbonyl (C=O) groups excluding carboxylic acids is 1. The van der Waals surface area contributed by atoms with Crippen molar-refractivity contribution in [3.05, 3.63) is 32.1 Å². The molecule has 1 aromatic carbocycles. The smallest absolute Gasteiger partial charge is 0.253 e. The van der Waals surface area contributed by atoms with Gasteiger partial charge in [0.1, 0.15) is 18.0 Å². The van der Waals surface area contributed by atoms with E-state index in [4.69, 9.17) is 4.74 Å². The number of nitrogens with zero attached hydrogens (tertiary/aromatic N) is 1. The van der Waals surface area contributed by atoms with Crippen molar-refractivity contribution >= 4 is 17.3 Å². The van der Waals surface area contributed by atoms with E-state index in [-0.39, 0.29) is 24.0 Å². The lowest BCUT2D eigenvalue weighted by molar-refractivity contribution is -0.128. The van der Waals surface area contributed by atoms with Crippen LogP contribution in [0.2, 0.25) is 0 Å². The van der Waals surface area contributed by atoms with Gasteiger partial charge in [-0.2, -0.15) is 0 Å². The second-order valence-corrected chi connectivity index (χ2v) is 17.2. The Kier molecular flexibility index (Phi) is 12.2. The molecule has 8 nitrogen and oxygen atoms in total. The molecule has 270 valence electrons. The first-order chi connectivity index (χ1) is 22.8. The summed E-state index contributed by atoms with van der Waals surface area (Å²) in [6, 6.07) is 0. The van der Waals surface area contributed by atoms with Gasteiger partial charge in [0, 0.05) is 19.6 Å². The van der Waals surface area contributed by atoms with E-state index in [0.29, 0.717) is 36.4 Å². The van der Waals surface area contributed by atoms with E-state index in [9.17, 15) is 14.4 Å². The van der Waals surface area contributed by atoms with Crippen LogP contribution < -0.4 is 26.8 Å². The molecule has 0 aliphatic heterocycles. The maximum absolute atomic E-state index is 12.6. The number of amides is 1. The van der Waals surface area contributed by atoms with Crippen molar-refractivity contribution in [2.75, 3.05) is 57.5 Å². The number of hydrogen-bond donors (Lipinski definition) is 3. The molecule has 0 unspecified atom stereocenters. The van der Waals surface area contributed by atoms with E-state index < -0.39 is 10.9 Å². The highest BCUT2D eigenvalue weighted by Crippen LogP contribution is 2.67. The molecule has 3 saturated carbocycles.